The fourth-order valence-electron chi connectivity index (χ4n) is 0.353. The molecule has 12 heavy (non-hydrogen) atoms. The van der Waals surface area contributed by atoms with Crippen molar-refractivity contribution in [3.63, 3.8) is 0 Å². The molecule has 0 heterocycles. The van der Waals surface area contributed by atoms with Gasteiger partial charge in [0.05, 0.1) is 0 Å². The average molecular weight is 213 g/mol. The third-order valence-corrected chi connectivity index (χ3v) is 3.36. The normalized spacial score (nSPS) is 16.7. The minimum absolute atomic E-state index is 0.176. The topological polar surface area (TPSA) is 72.8 Å². The summed E-state index contributed by atoms with van der Waals surface area (Å²) < 4.78 is 30.5. The van der Waals surface area contributed by atoms with Gasteiger partial charge in [-0.1, -0.05) is 10.9 Å². The molecular weight excluding hydrogens is 202 g/mol. The summed E-state index contributed by atoms with van der Waals surface area (Å²) in [4.78, 5) is 8.77. The smallest absolute Gasteiger partial charge is 0.335 e. The highest BCUT2D eigenvalue weighted by atomic mass is 31.2. The largest absolute Gasteiger partial charge is 0.546 e. The van der Waals surface area contributed by atoms with E-state index in [9.17, 15) is 9.13 Å². The Hall–Kier alpha value is -0.0500. The van der Waals surface area contributed by atoms with Crippen LogP contribution in [0.5, 0.6) is 0 Å². The SMILES string of the molecule is C=CP(=O)(O)O[P+](=O)COCC. The van der Waals surface area contributed by atoms with Crippen molar-refractivity contribution < 1.29 is 23.1 Å². The van der Waals surface area contributed by atoms with Crippen LogP contribution in [0.1, 0.15) is 6.92 Å². The first kappa shape index (κ1) is 11.9. The first-order valence-corrected chi connectivity index (χ1v) is 6.21. The van der Waals surface area contributed by atoms with E-state index >= 15 is 0 Å². The molecule has 1 N–H and O–H groups in total. The van der Waals surface area contributed by atoms with Gasteiger partial charge in [0.1, 0.15) is 0 Å². The van der Waals surface area contributed by atoms with Crippen molar-refractivity contribution in [2.75, 3.05) is 13.0 Å². The molecule has 2 unspecified atom stereocenters. The molecule has 0 saturated carbocycles. The predicted octanol–water partition coefficient (Wildman–Crippen LogP) is 2.07. The van der Waals surface area contributed by atoms with Crippen molar-refractivity contribution >= 4 is 15.6 Å². The van der Waals surface area contributed by atoms with Gasteiger partial charge >= 0.3 is 15.6 Å². The van der Waals surface area contributed by atoms with Crippen LogP contribution in [0.25, 0.3) is 0 Å². The third-order valence-electron chi connectivity index (χ3n) is 0.840. The first-order chi connectivity index (χ1) is 5.52. The van der Waals surface area contributed by atoms with Gasteiger partial charge in [0.15, 0.2) is 0 Å². The second-order valence-corrected chi connectivity index (χ2v) is 4.85. The van der Waals surface area contributed by atoms with Crippen molar-refractivity contribution in [2.24, 2.45) is 0 Å². The Balaban J connectivity index is 3.84. The van der Waals surface area contributed by atoms with E-state index in [4.69, 9.17) is 9.63 Å². The Morgan fingerprint density at radius 3 is 2.75 bits per heavy atom. The summed E-state index contributed by atoms with van der Waals surface area (Å²) in [5.41, 5.74) is 0. The third kappa shape index (κ3) is 5.58. The monoisotopic (exact) mass is 213 g/mol. The zero-order valence-corrected chi connectivity index (χ0v) is 8.46. The maximum Gasteiger partial charge on any atom is 0.546 e. The van der Waals surface area contributed by atoms with Crippen LogP contribution in [0.3, 0.4) is 0 Å². The summed E-state index contributed by atoms with van der Waals surface area (Å²) in [5, 5.41) is 0. The second-order valence-electron chi connectivity index (χ2n) is 1.78. The number of hydrogen-bond acceptors (Lipinski definition) is 4. The lowest BCUT2D eigenvalue weighted by Crippen LogP contribution is -1.89. The van der Waals surface area contributed by atoms with E-state index in [-0.39, 0.29) is 6.35 Å². The summed E-state index contributed by atoms with van der Waals surface area (Å²) in [6.07, 6.45) is -0.176. The molecule has 0 aromatic carbocycles. The highest BCUT2D eigenvalue weighted by Crippen LogP contribution is 2.51. The van der Waals surface area contributed by atoms with Gasteiger partial charge in [0.2, 0.25) is 0 Å². The summed E-state index contributed by atoms with van der Waals surface area (Å²) >= 11 is 0. The quantitative estimate of drug-likeness (QED) is 0.683. The summed E-state index contributed by atoms with van der Waals surface area (Å²) in [6.45, 7) is 5.16. The molecule has 0 aliphatic carbocycles. The fourth-order valence-corrected chi connectivity index (χ4v) is 2.18. The van der Waals surface area contributed by atoms with Crippen LogP contribution in [-0.4, -0.2) is 17.8 Å². The molecule has 0 saturated heterocycles. The lowest BCUT2D eigenvalue weighted by molar-refractivity contribution is 0.187. The molecule has 2 atom stereocenters. The average Bonchev–Trinajstić information content (AvgIpc) is 2.00. The lowest BCUT2D eigenvalue weighted by atomic mass is 10.9. The molecule has 0 aromatic rings. The first-order valence-electron chi connectivity index (χ1n) is 3.20. The summed E-state index contributed by atoms with van der Waals surface area (Å²) in [6, 6.07) is 0. The van der Waals surface area contributed by atoms with E-state index in [0.717, 1.165) is 5.82 Å². The number of ether oxygens (including phenoxy) is 1. The molecule has 5 nitrogen and oxygen atoms in total. The predicted molar refractivity (Wildman–Crippen MR) is 45.2 cm³/mol. The number of hydrogen-bond donors (Lipinski definition) is 1. The maximum atomic E-state index is 10.8. The van der Waals surface area contributed by atoms with E-state index in [0.29, 0.717) is 6.61 Å². The molecule has 0 amide bonds. The van der Waals surface area contributed by atoms with Gasteiger partial charge in [-0.3, -0.25) is 4.57 Å². The molecule has 7 heteroatoms. The van der Waals surface area contributed by atoms with Crippen molar-refractivity contribution in [3.05, 3.63) is 12.4 Å². The summed E-state index contributed by atoms with van der Waals surface area (Å²) in [5.74, 6) is 0.728. The van der Waals surface area contributed by atoms with Gasteiger partial charge in [-0.25, -0.2) is 0 Å². The highest BCUT2D eigenvalue weighted by Gasteiger charge is 2.30. The highest BCUT2D eigenvalue weighted by molar-refractivity contribution is 7.63. The molecule has 0 bridgehead atoms. The fraction of sp³-hybridized carbons (Fsp3) is 0.600. The van der Waals surface area contributed by atoms with Crippen LogP contribution in [0.2, 0.25) is 0 Å². The lowest BCUT2D eigenvalue weighted by Gasteiger charge is -1.95. The van der Waals surface area contributed by atoms with Crippen LogP contribution < -0.4 is 0 Å². The van der Waals surface area contributed by atoms with Crippen molar-refractivity contribution in [1.29, 1.82) is 0 Å². The second kappa shape index (κ2) is 5.57. The Morgan fingerprint density at radius 1 is 1.75 bits per heavy atom. The minimum atomic E-state index is -3.87. The standard InChI is InChI=1S/C5H10O5P2/c1-3-9-5-11(6)10-12(7,8)4-2/h4H,2-3,5H2,1H3/p+1. The molecule has 0 fully saturated rings. The van der Waals surface area contributed by atoms with Gasteiger partial charge in [0, 0.05) is 12.4 Å². The molecule has 0 aromatic heterocycles. The maximum absolute atomic E-state index is 10.8. The van der Waals surface area contributed by atoms with E-state index in [1.54, 1.807) is 6.92 Å². The van der Waals surface area contributed by atoms with Crippen molar-refractivity contribution in [2.45, 2.75) is 6.92 Å². The van der Waals surface area contributed by atoms with Crippen molar-refractivity contribution in [1.82, 2.24) is 0 Å². The Labute approximate surface area is 71.8 Å². The zero-order valence-electron chi connectivity index (χ0n) is 6.67. The van der Waals surface area contributed by atoms with Gasteiger partial charge in [-0.15, -0.1) is 0 Å². The Morgan fingerprint density at radius 2 is 2.33 bits per heavy atom. The molecule has 70 valence electrons. The van der Waals surface area contributed by atoms with E-state index < -0.39 is 15.6 Å². The van der Waals surface area contributed by atoms with Crippen LogP contribution in [0.4, 0.5) is 0 Å². The van der Waals surface area contributed by atoms with Gasteiger partial charge in [-0.05, 0) is 11.5 Å². The molecule has 0 spiro atoms. The zero-order chi connectivity index (χ0) is 9.61. The van der Waals surface area contributed by atoms with Gasteiger partial charge in [0.25, 0.3) is 6.35 Å². The Kier molecular flexibility index (Phi) is 5.55. The van der Waals surface area contributed by atoms with Crippen LogP contribution in [0.15, 0.2) is 12.4 Å². The molecule has 0 aliphatic rings. The van der Waals surface area contributed by atoms with Gasteiger partial charge in [-0.2, -0.15) is 0 Å². The van der Waals surface area contributed by atoms with Crippen LogP contribution in [0, 0.1) is 0 Å². The van der Waals surface area contributed by atoms with E-state index in [1.165, 1.54) is 0 Å². The number of rotatable bonds is 6. The summed E-state index contributed by atoms with van der Waals surface area (Å²) in [7, 11) is -6.11. The van der Waals surface area contributed by atoms with Crippen LogP contribution >= 0.6 is 15.6 Å². The van der Waals surface area contributed by atoms with Crippen molar-refractivity contribution in [3.8, 4) is 0 Å². The minimum Gasteiger partial charge on any atom is -0.335 e. The van der Waals surface area contributed by atoms with Crippen LogP contribution in [-0.2, 0) is 18.2 Å². The molecular formula is C5H11O5P2+. The van der Waals surface area contributed by atoms with E-state index in [1.807, 2.05) is 0 Å². The molecule has 0 aliphatic heterocycles. The molecule has 0 rings (SSSR count). The van der Waals surface area contributed by atoms with E-state index in [2.05, 4.69) is 10.9 Å². The van der Waals surface area contributed by atoms with Gasteiger partial charge < -0.3 is 9.63 Å². The molecule has 0 radical (unpaired) electrons. The Bertz CT molecular complexity index is 214.